The van der Waals surface area contributed by atoms with Gasteiger partial charge in [-0.05, 0) is 103 Å². The molecule has 1 heterocycles. The predicted octanol–water partition coefficient (Wildman–Crippen LogP) is 12.0. The summed E-state index contributed by atoms with van der Waals surface area (Å²) in [5, 5.41) is 10.1. The van der Waals surface area contributed by atoms with Gasteiger partial charge in [0.1, 0.15) is 11.2 Å². The summed E-state index contributed by atoms with van der Waals surface area (Å²) in [4.78, 5) is 0. The molecule has 0 N–H and O–H groups in total. The average Bonchev–Trinajstić information content (AvgIpc) is 3.45. The molecule has 9 rings (SSSR count). The highest BCUT2D eigenvalue weighted by atomic mass is 16.3. The van der Waals surface area contributed by atoms with Crippen LogP contribution >= 0.6 is 0 Å². The number of para-hydroxylation sites is 1. The van der Waals surface area contributed by atoms with Crippen LogP contribution in [-0.2, 0) is 0 Å². The molecule has 7 aromatic carbocycles. The number of allylic oxidation sites excluding steroid dienone is 4. The van der Waals surface area contributed by atoms with Gasteiger partial charge in [0.15, 0.2) is 0 Å². The van der Waals surface area contributed by atoms with Gasteiger partial charge in [-0.25, -0.2) is 0 Å². The number of rotatable bonds is 3. The van der Waals surface area contributed by atoms with E-state index in [9.17, 15) is 0 Å². The maximum Gasteiger partial charge on any atom is 0.135 e. The largest absolute Gasteiger partial charge is 0.456 e. The standard InChI is InChI=1S/C42H28O/c1-2-10-30-25-31(22-19-27(30)9-1)28-17-20-29(21-18-28)41-34-12-3-5-14-36(34)42(37-15-6-4-13-35(37)41)32-23-24-40-38(26-32)33-11-7-8-16-39(33)43-40/h1-17,19-20,22-26H,18,21H2. The maximum absolute atomic E-state index is 6.17. The summed E-state index contributed by atoms with van der Waals surface area (Å²) in [6.07, 6.45) is 6.75. The Kier molecular flexibility index (Phi) is 5.39. The van der Waals surface area contributed by atoms with Crippen LogP contribution in [0.3, 0.4) is 0 Å². The highest BCUT2D eigenvalue weighted by Crippen LogP contribution is 2.45. The lowest BCUT2D eigenvalue weighted by Crippen LogP contribution is -1.97. The van der Waals surface area contributed by atoms with E-state index in [-0.39, 0.29) is 0 Å². The minimum atomic E-state index is 0.927. The molecule has 1 aliphatic rings. The van der Waals surface area contributed by atoms with Crippen molar-refractivity contribution in [3.05, 3.63) is 157 Å². The molecule has 0 amide bonds. The summed E-state index contributed by atoms with van der Waals surface area (Å²) < 4.78 is 6.17. The molecule has 0 spiro atoms. The first kappa shape index (κ1) is 24.2. The van der Waals surface area contributed by atoms with Gasteiger partial charge in [-0.1, -0.05) is 121 Å². The zero-order valence-electron chi connectivity index (χ0n) is 23.7. The lowest BCUT2D eigenvalue weighted by atomic mass is 9.82. The fourth-order valence-electron chi connectivity index (χ4n) is 7.14. The SMILES string of the molecule is C1=C(c2ccc3ccccc3c2)CCC(c2c3ccccc3c(-c3ccc4oc5ccccc5c4c3)c3ccccc23)=C1. The molecule has 43 heavy (non-hydrogen) atoms. The zero-order valence-corrected chi connectivity index (χ0v) is 23.7. The summed E-state index contributed by atoms with van der Waals surface area (Å²) in [7, 11) is 0. The number of benzene rings is 7. The third kappa shape index (κ3) is 3.86. The Hall–Kier alpha value is -5.40. The lowest BCUT2D eigenvalue weighted by molar-refractivity contribution is 0.669. The van der Waals surface area contributed by atoms with Gasteiger partial charge < -0.3 is 4.42 Å². The van der Waals surface area contributed by atoms with Crippen molar-refractivity contribution >= 4 is 65.4 Å². The van der Waals surface area contributed by atoms with Gasteiger partial charge >= 0.3 is 0 Å². The van der Waals surface area contributed by atoms with Gasteiger partial charge in [0, 0.05) is 10.8 Å². The fourth-order valence-corrected chi connectivity index (χ4v) is 7.14. The van der Waals surface area contributed by atoms with E-state index in [1.807, 2.05) is 12.1 Å². The van der Waals surface area contributed by atoms with Crippen molar-refractivity contribution in [3.63, 3.8) is 0 Å². The van der Waals surface area contributed by atoms with Crippen LogP contribution in [0.5, 0.6) is 0 Å². The molecule has 8 aromatic rings. The van der Waals surface area contributed by atoms with Crippen LogP contribution in [0.4, 0.5) is 0 Å². The average molecular weight is 549 g/mol. The minimum Gasteiger partial charge on any atom is -0.456 e. The summed E-state index contributed by atoms with van der Waals surface area (Å²) in [6, 6.07) is 48.3. The first-order valence-corrected chi connectivity index (χ1v) is 15.1. The van der Waals surface area contributed by atoms with Gasteiger partial charge in [0.2, 0.25) is 0 Å². The summed E-state index contributed by atoms with van der Waals surface area (Å²) >= 11 is 0. The van der Waals surface area contributed by atoms with Gasteiger partial charge in [-0.2, -0.15) is 0 Å². The second-order valence-electron chi connectivity index (χ2n) is 11.6. The molecule has 1 aliphatic carbocycles. The molecule has 0 fully saturated rings. The van der Waals surface area contributed by atoms with Crippen LogP contribution in [0.2, 0.25) is 0 Å². The molecule has 1 aromatic heterocycles. The molecule has 0 saturated carbocycles. The molecule has 0 saturated heterocycles. The Bertz CT molecular complexity index is 2390. The first-order valence-electron chi connectivity index (χ1n) is 15.1. The number of fused-ring (bicyclic) bond motifs is 6. The van der Waals surface area contributed by atoms with Crippen LogP contribution in [0.15, 0.2) is 150 Å². The molecule has 0 aliphatic heterocycles. The van der Waals surface area contributed by atoms with E-state index in [2.05, 4.69) is 133 Å². The summed E-state index contributed by atoms with van der Waals surface area (Å²) in [6.45, 7) is 0. The van der Waals surface area contributed by atoms with Gasteiger partial charge in [0.05, 0.1) is 0 Å². The van der Waals surface area contributed by atoms with Crippen molar-refractivity contribution < 1.29 is 4.42 Å². The molecule has 202 valence electrons. The van der Waals surface area contributed by atoms with Crippen molar-refractivity contribution in [2.24, 2.45) is 0 Å². The molecule has 1 heteroatoms. The third-order valence-electron chi connectivity index (χ3n) is 9.19. The van der Waals surface area contributed by atoms with E-state index in [0.717, 1.165) is 34.8 Å². The van der Waals surface area contributed by atoms with E-state index >= 15 is 0 Å². The Labute approximate surface area is 250 Å². The molecule has 0 bridgehead atoms. The van der Waals surface area contributed by atoms with E-state index in [0.29, 0.717) is 0 Å². The van der Waals surface area contributed by atoms with Crippen LogP contribution in [0.1, 0.15) is 24.0 Å². The minimum absolute atomic E-state index is 0.927. The third-order valence-corrected chi connectivity index (χ3v) is 9.19. The second kappa shape index (κ2) is 9.58. The molecule has 0 atom stereocenters. The number of hydrogen-bond acceptors (Lipinski definition) is 1. The molecular weight excluding hydrogens is 520 g/mol. The van der Waals surface area contributed by atoms with Gasteiger partial charge in [-0.3, -0.25) is 0 Å². The normalized spacial score (nSPS) is 13.7. The van der Waals surface area contributed by atoms with Gasteiger partial charge in [0.25, 0.3) is 0 Å². The second-order valence-corrected chi connectivity index (χ2v) is 11.6. The van der Waals surface area contributed by atoms with Crippen molar-refractivity contribution in [1.82, 2.24) is 0 Å². The molecule has 0 radical (unpaired) electrons. The lowest BCUT2D eigenvalue weighted by Gasteiger charge is -2.21. The maximum atomic E-state index is 6.17. The summed E-state index contributed by atoms with van der Waals surface area (Å²) in [5.41, 5.74) is 9.84. The Morgan fingerprint density at radius 3 is 1.65 bits per heavy atom. The van der Waals surface area contributed by atoms with Crippen LogP contribution in [0, 0.1) is 0 Å². The van der Waals surface area contributed by atoms with Gasteiger partial charge in [-0.15, -0.1) is 0 Å². The molecular formula is C42H28O. The monoisotopic (exact) mass is 548 g/mol. The highest BCUT2D eigenvalue weighted by molar-refractivity contribution is 6.20. The van der Waals surface area contributed by atoms with Crippen molar-refractivity contribution in [2.75, 3.05) is 0 Å². The smallest absolute Gasteiger partial charge is 0.135 e. The number of furan rings is 1. The van der Waals surface area contributed by atoms with Crippen molar-refractivity contribution in [3.8, 4) is 11.1 Å². The van der Waals surface area contributed by atoms with E-state index < -0.39 is 0 Å². The quantitative estimate of drug-likeness (QED) is 0.200. The predicted molar refractivity (Wildman–Crippen MR) is 183 cm³/mol. The van der Waals surface area contributed by atoms with E-state index in [1.165, 1.54) is 65.7 Å². The van der Waals surface area contributed by atoms with E-state index in [1.54, 1.807) is 0 Å². The van der Waals surface area contributed by atoms with Crippen LogP contribution in [0.25, 0.3) is 76.5 Å². The molecule has 0 unspecified atom stereocenters. The van der Waals surface area contributed by atoms with Crippen LogP contribution in [-0.4, -0.2) is 0 Å². The topological polar surface area (TPSA) is 13.1 Å². The highest BCUT2D eigenvalue weighted by Gasteiger charge is 2.20. The zero-order chi connectivity index (χ0) is 28.3. The fraction of sp³-hybridized carbons (Fsp3) is 0.0476. The number of hydrogen-bond donors (Lipinski definition) is 0. The Morgan fingerprint density at radius 2 is 0.930 bits per heavy atom. The van der Waals surface area contributed by atoms with Crippen LogP contribution < -0.4 is 0 Å². The Morgan fingerprint density at radius 1 is 0.372 bits per heavy atom. The Balaban J connectivity index is 1.24. The van der Waals surface area contributed by atoms with Crippen molar-refractivity contribution in [1.29, 1.82) is 0 Å². The first-order chi connectivity index (χ1) is 21.3. The van der Waals surface area contributed by atoms with E-state index in [4.69, 9.17) is 4.42 Å². The molecule has 1 nitrogen and oxygen atoms in total. The van der Waals surface area contributed by atoms with Crippen molar-refractivity contribution in [2.45, 2.75) is 12.8 Å². The summed E-state index contributed by atoms with van der Waals surface area (Å²) in [5.74, 6) is 0.